The van der Waals surface area contributed by atoms with Crippen LogP contribution in [0.15, 0.2) is 47.4 Å². The molecule has 1 aliphatic rings. The normalized spacial score (nSPS) is 15.4. The van der Waals surface area contributed by atoms with Crippen LogP contribution in [0.25, 0.3) is 0 Å². The Bertz CT molecular complexity index is 975. The highest BCUT2D eigenvalue weighted by atomic mass is 32.2. The van der Waals surface area contributed by atoms with Crippen LogP contribution in [0.2, 0.25) is 0 Å². The molecule has 1 heterocycles. The molecule has 0 spiro atoms. The second-order valence-corrected chi connectivity index (χ2v) is 8.10. The number of anilines is 1. The fourth-order valence-electron chi connectivity index (χ4n) is 3.11. The van der Waals surface area contributed by atoms with Crippen molar-refractivity contribution < 1.29 is 22.5 Å². The molecule has 0 amide bonds. The summed E-state index contributed by atoms with van der Waals surface area (Å²) in [5, 5.41) is 10.9. The van der Waals surface area contributed by atoms with E-state index in [1.54, 1.807) is 0 Å². The summed E-state index contributed by atoms with van der Waals surface area (Å²) < 4.78 is 46.1. The summed E-state index contributed by atoms with van der Waals surface area (Å²) in [4.78, 5) is 11.7. The summed E-state index contributed by atoms with van der Waals surface area (Å²) in [6.07, 6.45) is 0. The molecule has 0 aromatic heterocycles. The number of nitro groups is 1. The summed E-state index contributed by atoms with van der Waals surface area (Å²) >= 11 is 0. The predicted octanol–water partition coefficient (Wildman–Crippen LogP) is 2.64. The molecule has 1 saturated heterocycles. The topological polar surface area (TPSA) is 93.0 Å². The summed E-state index contributed by atoms with van der Waals surface area (Å²) in [6, 6.07) is 10.2. The number of piperazine rings is 1. The quantitative estimate of drug-likeness (QED) is 0.538. The molecule has 3 rings (SSSR count). The average Bonchev–Trinajstić information content (AvgIpc) is 2.69. The van der Waals surface area contributed by atoms with Gasteiger partial charge >= 0.3 is 5.69 Å². The van der Waals surface area contributed by atoms with Crippen molar-refractivity contribution in [3.63, 3.8) is 0 Å². The highest BCUT2D eigenvalue weighted by Crippen LogP contribution is 2.30. The maximum atomic E-state index is 13.5. The van der Waals surface area contributed by atoms with Crippen molar-refractivity contribution >= 4 is 21.4 Å². The molecule has 0 N–H and O–H groups in total. The molecule has 10 heteroatoms. The van der Waals surface area contributed by atoms with Crippen molar-refractivity contribution in [2.24, 2.45) is 0 Å². The first kappa shape index (κ1) is 20.0. The van der Waals surface area contributed by atoms with Crippen molar-refractivity contribution in [1.29, 1.82) is 0 Å². The number of hydrogen-bond donors (Lipinski definition) is 0. The zero-order valence-electron chi connectivity index (χ0n) is 15.2. The Morgan fingerprint density at radius 1 is 1.14 bits per heavy atom. The Labute approximate surface area is 162 Å². The Hall–Kier alpha value is -2.72. The Morgan fingerprint density at radius 3 is 2.46 bits per heavy atom. The lowest BCUT2D eigenvalue weighted by Gasteiger charge is -2.36. The third kappa shape index (κ3) is 3.92. The fourth-order valence-corrected chi connectivity index (χ4v) is 4.55. The number of sulfonamides is 1. The van der Waals surface area contributed by atoms with Gasteiger partial charge in [-0.3, -0.25) is 10.1 Å². The molecular formula is C18H20FN3O5S. The number of para-hydroxylation sites is 2. The Morgan fingerprint density at radius 2 is 1.82 bits per heavy atom. The van der Waals surface area contributed by atoms with Gasteiger partial charge < -0.3 is 9.64 Å². The number of benzene rings is 2. The van der Waals surface area contributed by atoms with Gasteiger partial charge in [-0.05, 0) is 31.2 Å². The summed E-state index contributed by atoms with van der Waals surface area (Å²) in [7, 11) is -3.96. The van der Waals surface area contributed by atoms with Crippen LogP contribution < -0.4 is 9.64 Å². The molecule has 0 atom stereocenters. The van der Waals surface area contributed by atoms with E-state index in [0.29, 0.717) is 19.7 Å². The van der Waals surface area contributed by atoms with Gasteiger partial charge in [0.1, 0.15) is 5.75 Å². The van der Waals surface area contributed by atoms with Crippen molar-refractivity contribution in [2.75, 3.05) is 37.7 Å². The van der Waals surface area contributed by atoms with Crippen LogP contribution in [-0.4, -0.2) is 50.4 Å². The van der Waals surface area contributed by atoms with Gasteiger partial charge in [-0.1, -0.05) is 12.1 Å². The van der Waals surface area contributed by atoms with Gasteiger partial charge in [0.05, 0.1) is 22.1 Å². The highest BCUT2D eigenvalue weighted by Gasteiger charge is 2.31. The summed E-state index contributed by atoms with van der Waals surface area (Å²) in [6.45, 7) is 3.69. The van der Waals surface area contributed by atoms with E-state index in [4.69, 9.17) is 4.74 Å². The molecular weight excluding hydrogens is 389 g/mol. The maximum Gasteiger partial charge on any atom is 0.306 e. The molecule has 1 aliphatic heterocycles. The zero-order chi connectivity index (χ0) is 20.3. The van der Waals surface area contributed by atoms with Crippen LogP contribution in [0.1, 0.15) is 6.92 Å². The smallest absolute Gasteiger partial charge is 0.306 e. The van der Waals surface area contributed by atoms with Gasteiger partial charge in [0.15, 0.2) is 0 Å². The van der Waals surface area contributed by atoms with Crippen molar-refractivity contribution in [3.8, 4) is 5.75 Å². The monoisotopic (exact) mass is 409 g/mol. The third-order valence-corrected chi connectivity index (χ3v) is 6.39. The maximum absolute atomic E-state index is 13.5. The van der Waals surface area contributed by atoms with Crippen LogP contribution in [0, 0.1) is 15.9 Å². The van der Waals surface area contributed by atoms with Gasteiger partial charge in [0.25, 0.3) is 0 Å². The molecule has 0 bridgehead atoms. The minimum Gasteiger partial charge on any atom is -0.492 e. The molecule has 0 saturated carbocycles. The van der Waals surface area contributed by atoms with Crippen LogP contribution in [0.5, 0.6) is 5.75 Å². The van der Waals surface area contributed by atoms with Gasteiger partial charge in [-0.15, -0.1) is 0 Å². The molecule has 2 aromatic carbocycles. The van der Waals surface area contributed by atoms with E-state index in [0.717, 1.165) is 29.6 Å². The SMILES string of the molecule is CCOc1ccccc1N1CCN(S(=O)(=O)c2ccc(F)c([N+](=O)[O-])c2)CC1. The predicted molar refractivity (Wildman–Crippen MR) is 102 cm³/mol. The van der Waals surface area contributed by atoms with E-state index in [1.165, 1.54) is 4.31 Å². The molecule has 2 aromatic rings. The van der Waals surface area contributed by atoms with Gasteiger partial charge in [-0.2, -0.15) is 8.70 Å². The fraction of sp³-hybridized carbons (Fsp3) is 0.333. The Kier molecular flexibility index (Phi) is 5.80. The van der Waals surface area contributed by atoms with Gasteiger partial charge in [0.2, 0.25) is 15.8 Å². The van der Waals surface area contributed by atoms with Crippen molar-refractivity contribution in [2.45, 2.75) is 11.8 Å². The standard InChI is InChI=1S/C18H20FN3O5S/c1-2-27-18-6-4-3-5-16(18)20-9-11-21(12-10-20)28(25,26)14-7-8-15(19)17(13-14)22(23)24/h3-8,13H,2,9-12H2,1H3. The van der Waals surface area contributed by atoms with Crippen LogP contribution in [-0.2, 0) is 10.0 Å². The summed E-state index contributed by atoms with van der Waals surface area (Å²) in [5.41, 5.74) is 0.0316. The van der Waals surface area contributed by atoms with Crippen LogP contribution in [0.4, 0.5) is 15.8 Å². The highest BCUT2D eigenvalue weighted by molar-refractivity contribution is 7.89. The molecule has 0 unspecified atom stereocenters. The number of rotatable bonds is 6. The van der Waals surface area contributed by atoms with Crippen molar-refractivity contribution in [3.05, 3.63) is 58.4 Å². The third-order valence-electron chi connectivity index (χ3n) is 4.50. The Balaban J connectivity index is 1.78. The lowest BCUT2D eigenvalue weighted by atomic mass is 10.2. The second kappa shape index (κ2) is 8.11. The van der Waals surface area contributed by atoms with Crippen LogP contribution in [0.3, 0.4) is 0 Å². The lowest BCUT2D eigenvalue weighted by molar-refractivity contribution is -0.387. The van der Waals surface area contributed by atoms with E-state index in [9.17, 15) is 22.9 Å². The first-order valence-electron chi connectivity index (χ1n) is 8.75. The number of hydrogen-bond acceptors (Lipinski definition) is 6. The van der Waals surface area contributed by atoms with Gasteiger partial charge in [-0.25, -0.2) is 8.42 Å². The zero-order valence-corrected chi connectivity index (χ0v) is 16.1. The number of ether oxygens (including phenoxy) is 1. The molecule has 0 aliphatic carbocycles. The first-order valence-corrected chi connectivity index (χ1v) is 10.2. The number of halogens is 1. The van der Waals surface area contributed by atoms with E-state index in [2.05, 4.69) is 0 Å². The number of nitro benzene ring substituents is 1. The average molecular weight is 409 g/mol. The van der Waals surface area contributed by atoms with E-state index in [1.807, 2.05) is 36.1 Å². The molecule has 1 fully saturated rings. The van der Waals surface area contributed by atoms with E-state index >= 15 is 0 Å². The molecule has 150 valence electrons. The minimum atomic E-state index is -3.96. The van der Waals surface area contributed by atoms with Crippen LogP contribution >= 0.6 is 0 Å². The molecule has 0 radical (unpaired) electrons. The summed E-state index contributed by atoms with van der Waals surface area (Å²) in [5.74, 6) is -0.336. The largest absolute Gasteiger partial charge is 0.492 e. The molecule has 28 heavy (non-hydrogen) atoms. The number of nitrogens with zero attached hydrogens (tertiary/aromatic N) is 3. The molecule has 8 nitrogen and oxygen atoms in total. The van der Waals surface area contributed by atoms with E-state index in [-0.39, 0.29) is 18.0 Å². The van der Waals surface area contributed by atoms with Crippen molar-refractivity contribution in [1.82, 2.24) is 4.31 Å². The second-order valence-electron chi connectivity index (χ2n) is 6.16. The van der Waals surface area contributed by atoms with E-state index < -0.39 is 26.5 Å². The first-order chi connectivity index (χ1) is 13.3. The van der Waals surface area contributed by atoms with Gasteiger partial charge in [0, 0.05) is 32.2 Å². The lowest BCUT2D eigenvalue weighted by Crippen LogP contribution is -2.48. The minimum absolute atomic E-state index is 0.202.